The van der Waals surface area contributed by atoms with Gasteiger partial charge in [0.15, 0.2) is 5.70 Å². The first-order valence-corrected chi connectivity index (χ1v) is 11.9. The number of benzene rings is 3. The van der Waals surface area contributed by atoms with Crippen molar-refractivity contribution in [3.05, 3.63) is 106 Å². The molecule has 0 saturated carbocycles. The fourth-order valence-corrected chi connectivity index (χ4v) is 5.34. The molecule has 0 unspecified atom stereocenters. The van der Waals surface area contributed by atoms with Crippen LogP contribution in [0.25, 0.3) is 6.08 Å². The van der Waals surface area contributed by atoms with E-state index in [2.05, 4.69) is 50.2 Å². The van der Waals surface area contributed by atoms with E-state index < -0.39 is 10.9 Å². The van der Waals surface area contributed by atoms with E-state index in [-0.39, 0.29) is 18.0 Å². The van der Waals surface area contributed by atoms with E-state index >= 15 is 0 Å². The van der Waals surface area contributed by atoms with E-state index in [0.29, 0.717) is 17.2 Å². The number of hydrogen-bond acceptors (Lipinski definition) is 6. The number of aryl methyl sites for hydroxylation is 1. The lowest BCUT2D eigenvalue weighted by Crippen LogP contribution is -2.06. The minimum Gasteiger partial charge on any atom is -0.487 e. The average molecular weight is 666 g/mol. The van der Waals surface area contributed by atoms with Crippen LogP contribution in [0.2, 0.25) is 0 Å². The van der Waals surface area contributed by atoms with E-state index in [1.165, 1.54) is 12.1 Å². The Morgan fingerprint density at radius 3 is 2.52 bits per heavy atom. The molecule has 0 N–H and O–H groups in total. The molecule has 0 aromatic heterocycles. The van der Waals surface area contributed by atoms with Crippen molar-refractivity contribution in [1.82, 2.24) is 0 Å². The number of halogens is 2. The molecule has 1 heterocycles. The Morgan fingerprint density at radius 2 is 1.82 bits per heavy atom. The van der Waals surface area contributed by atoms with Crippen LogP contribution in [0.3, 0.4) is 0 Å². The summed E-state index contributed by atoms with van der Waals surface area (Å²) >= 11 is 4.32. The molecule has 0 aliphatic carbocycles. The van der Waals surface area contributed by atoms with Gasteiger partial charge in [0.1, 0.15) is 12.4 Å². The first-order valence-electron chi connectivity index (χ1n) is 9.75. The molecular weight excluding hydrogens is 650 g/mol. The van der Waals surface area contributed by atoms with Crippen LogP contribution < -0.4 is 4.74 Å². The molecule has 1 aliphatic rings. The summed E-state index contributed by atoms with van der Waals surface area (Å²) < 4.78 is 13.0. The Kier molecular flexibility index (Phi) is 7.08. The summed E-state index contributed by atoms with van der Waals surface area (Å²) in [7, 11) is 0. The normalized spacial score (nSPS) is 14.2. The quantitative estimate of drug-likeness (QED) is 0.105. The Hall–Kier alpha value is -2.80. The Balaban J connectivity index is 1.55. The molecule has 0 bridgehead atoms. The lowest BCUT2D eigenvalue weighted by Gasteiger charge is -2.11. The number of aliphatic imine (C=N–C) groups is 1. The smallest absolute Gasteiger partial charge is 0.363 e. The van der Waals surface area contributed by atoms with Gasteiger partial charge in [-0.1, -0.05) is 30.3 Å². The predicted molar refractivity (Wildman–Crippen MR) is 141 cm³/mol. The number of nitro groups is 1. The molecule has 0 saturated heterocycles. The van der Waals surface area contributed by atoms with Crippen molar-refractivity contribution in [2.75, 3.05) is 0 Å². The number of rotatable bonds is 6. The minimum atomic E-state index is -0.496. The number of cyclic esters (lactones) is 1. The van der Waals surface area contributed by atoms with Crippen LogP contribution in [0.5, 0.6) is 5.75 Å². The lowest BCUT2D eigenvalue weighted by atomic mass is 10.1. The SMILES string of the molecule is Cc1ccccc1C1=N/C(=C\c2cc(I)c(OCc3cccc([N+](=O)[O-])c3)c(I)c2)C(=O)O1. The van der Waals surface area contributed by atoms with Crippen LogP contribution in [-0.2, 0) is 16.1 Å². The van der Waals surface area contributed by atoms with Crippen molar-refractivity contribution in [2.24, 2.45) is 4.99 Å². The second kappa shape index (κ2) is 10.00. The molecule has 0 atom stereocenters. The highest BCUT2D eigenvalue weighted by Gasteiger charge is 2.25. The maximum atomic E-state index is 12.4. The highest BCUT2D eigenvalue weighted by molar-refractivity contribution is 14.1. The van der Waals surface area contributed by atoms with Crippen LogP contribution in [-0.4, -0.2) is 16.8 Å². The molecule has 166 valence electrons. The third-order valence-electron chi connectivity index (χ3n) is 4.82. The van der Waals surface area contributed by atoms with Crippen LogP contribution in [0, 0.1) is 24.2 Å². The third-order valence-corrected chi connectivity index (χ3v) is 6.43. The Labute approximate surface area is 217 Å². The topological polar surface area (TPSA) is 91.0 Å². The van der Waals surface area contributed by atoms with Crippen molar-refractivity contribution in [3.63, 3.8) is 0 Å². The predicted octanol–water partition coefficient (Wildman–Crippen LogP) is 6.04. The van der Waals surface area contributed by atoms with Gasteiger partial charge in [0, 0.05) is 17.7 Å². The summed E-state index contributed by atoms with van der Waals surface area (Å²) in [6.45, 7) is 2.13. The molecular formula is C24H16I2N2O5. The van der Waals surface area contributed by atoms with Crippen molar-refractivity contribution in [2.45, 2.75) is 13.5 Å². The first kappa shape index (κ1) is 23.4. The summed E-state index contributed by atoms with van der Waals surface area (Å²) in [5.74, 6) is 0.470. The van der Waals surface area contributed by atoms with Gasteiger partial charge in [0.2, 0.25) is 5.90 Å². The molecule has 4 rings (SSSR count). The number of esters is 1. The Morgan fingerprint density at radius 1 is 1.09 bits per heavy atom. The maximum absolute atomic E-state index is 12.4. The molecule has 0 radical (unpaired) electrons. The molecule has 33 heavy (non-hydrogen) atoms. The van der Waals surface area contributed by atoms with Gasteiger partial charge in [-0.05, 0) is 93.1 Å². The molecule has 0 spiro atoms. The second-order valence-corrected chi connectivity index (χ2v) is 9.50. The monoisotopic (exact) mass is 666 g/mol. The number of non-ortho nitro benzene ring substituents is 1. The van der Waals surface area contributed by atoms with Crippen molar-refractivity contribution >= 4 is 68.8 Å². The van der Waals surface area contributed by atoms with E-state index in [9.17, 15) is 14.9 Å². The summed E-state index contributed by atoms with van der Waals surface area (Å²) in [5, 5.41) is 11.0. The molecule has 7 nitrogen and oxygen atoms in total. The third kappa shape index (κ3) is 5.41. The molecule has 0 amide bonds. The van der Waals surface area contributed by atoms with Gasteiger partial charge in [-0.25, -0.2) is 9.79 Å². The average Bonchev–Trinajstić information content (AvgIpc) is 3.13. The van der Waals surface area contributed by atoms with Crippen molar-refractivity contribution in [1.29, 1.82) is 0 Å². The van der Waals surface area contributed by atoms with Gasteiger partial charge >= 0.3 is 5.97 Å². The fraction of sp³-hybridized carbons (Fsp3) is 0.0833. The summed E-state index contributed by atoms with van der Waals surface area (Å²) in [4.78, 5) is 27.3. The van der Waals surface area contributed by atoms with Gasteiger partial charge < -0.3 is 9.47 Å². The molecule has 3 aromatic carbocycles. The number of carbonyl (C=O) groups excluding carboxylic acids is 1. The van der Waals surface area contributed by atoms with Crippen LogP contribution in [0.1, 0.15) is 22.3 Å². The fourth-order valence-electron chi connectivity index (χ4n) is 3.21. The second-order valence-electron chi connectivity index (χ2n) is 7.18. The Bertz CT molecular complexity index is 1310. The summed E-state index contributed by atoms with van der Waals surface area (Å²) in [5.41, 5.74) is 3.49. The number of carbonyl (C=O) groups is 1. The van der Waals surface area contributed by atoms with Gasteiger partial charge in [-0.15, -0.1) is 0 Å². The highest BCUT2D eigenvalue weighted by Crippen LogP contribution is 2.31. The van der Waals surface area contributed by atoms with Crippen molar-refractivity contribution < 1.29 is 19.2 Å². The van der Waals surface area contributed by atoms with E-state index in [4.69, 9.17) is 9.47 Å². The van der Waals surface area contributed by atoms with Crippen LogP contribution in [0.15, 0.2) is 71.4 Å². The summed E-state index contributed by atoms with van der Waals surface area (Å²) in [6, 6.07) is 17.7. The zero-order chi connectivity index (χ0) is 23.5. The van der Waals surface area contributed by atoms with Gasteiger partial charge in [-0.3, -0.25) is 10.1 Å². The first-order chi connectivity index (χ1) is 15.8. The van der Waals surface area contributed by atoms with E-state index in [0.717, 1.165) is 23.8 Å². The highest BCUT2D eigenvalue weighted by atomic mass is 127. The zero-order valence-electron chi connectivity index (χ0n) is 17.2. The lowest BCUT2D eigenvalue weighted by molar-refractivity contribution is -0.384. The van der Waals surface area contributed by atoms with Gasteiger partial charge in [-0.2, -0.15) is 0 Å². The molecule has 3 aromatic rings. The molecule has 1 aliphatic heterocycles. The number of ether oxygens (including phenoxy) is 2. The van der Waals surface area contributed by atoms with Crippen LogP contribution >= 0.6 is 45.2 Å². The number of hydrogen-bond donors (Lipinski definition) is 0. The van der Waals surface area contributed by atoms with E-state index in [1.807, 2.05) is 43.3 Å². The molecule has 9 heteroatoms. The van der Waals surface area contributed by atoms with Gasteiger partial charge in [0.05, 0.1) is 12.1 Å². The zero-order valence-corrected chi connectivity index (χ0v) is 21.6. The van der Waals surface area contributed by atoms with Gasteiger partial charge in [0.25, 0.3) is 5.69 Å². The minimum absolute atomic E-state index is 0.0246. The number of nitro benzene ring substituents is 1. The standard InChI is InChI=1S/C24H16I2N2O5/c1-14-5-2-3-8-18(14)23-27-21(24(29)33-23)12-16-10-19(25)22(20(26)11-16)32-13-15-6-4-7-17(9-15)28(30)31/h2-12H,13H2,1H3/b21-12-. The van der Waals surface area contributed by atoms with Crippen LogP contribution in [0.4, 0.5) is 5.69 Å². The molecule has 0 fully saturated rings. The number of nitrogens with zero attached hydrogens (tertiary/aromatic N) is 2. The van der Waals surface area contributed by atoms with Crippen molar-refractivity contribution in [3.8, 4) is 5.75 Å². The van der Waals surface area contributed by atoms with E-state index in [1.54, 1.807) is 18.2 Å². The maximum Gasteiger partial charge on any atom is 0.363 e. The summed E-state index contributed by atoms with van der Waals surface area (Å²) in [6.07, 6.45) is 1.68. The largest absolute Gasteiger partial charge is 0.487 e.